The van der Waals surface area contributed by atoms with Crippen molar-refractivity contribution in [2.24, 2.45) is 0 Å². The summed E-state index contributed by atoms with van der Waals surface area (Å²) in [7, 11) is 0. The maximum Gasteiger partial charge on any atom is 0.416 e. The van der Waals surface area contributed by atoms with E-state index in [4.69, 9.17) is 4.74 Å². The zero-order valence-electron chi connectivity index (χ0n) is 12.3. The van der Waals surface area contributed by atoms with Gasteiger partial charge in [-0.3, -0.25) is 9.78 Å². The monoisotopic (exact) mass is 324 g/mol. The highest BCUT2D eigenvalue weighted by atomic mass is 19.4. The summed E-state index contributed by atoms with van der Waals surface area (Å²) in [5, 5.41) is 2.70. The van der Waals surface area contributed by atoms with Gasteiger partial charge in [-0.25, -0.2) is 0 Å². The predicted octanol–water partition coefficient (Wildman–Crippen LogP) is 3.36. The van der Waals surface area contributed by atoms with E-state index in [1.807, 2.05) is 0 Å². The van der Waals surface area contributed by atoms with Gasteiger partial charge in [0.25, 0.3) is 5.91 Å². The van der Waals surface area contributed by atoms with Gasteiger partial charge in [0, 0.05) is 12.4 Å². The van der Waals surface area contributed by atoms with Crippen LogP contribution in [0.5, 0.6) is 5.75 Å². The lowest BCUT2D eigenvalue weighted by Crippen LogP contribution is -2.31. The van der Waals surface area contributed by atoms with Crippen molar-refractivity contribution in [3.8, 4) is 5.75 Å². The fourth-order valence-electron chi connectivity index (χ4n) is 1.93. The quantitative estimate of drug-likeness (QED) is 0.917. The molecule has 0 aliphatic carbocycles. The Kier molecular flexibility index (Phi) is 5.20. The number of pyridine rings is 1. The SMILES string of the molecule is CC(NC(=O)COc1cccc(C(F)(F)F)c1)c1ccncc1. The molecule has 0 fully saturated rings. The third kappa shape index (κ3) is 4.98. The van der Waals surface area contributed by atoms with Gasteiger partial charge in [0.05, 0.1) is 11.6 Å². The molecule has 0 saturated carbocycles. The first-order valence-corrected chi connectivity index (χ1v) is 6.85. The van der Waals surface area contributed by atoms with Gasteiger partial charge in [-0.05, 0) is 42.8 Å². The third-order valence-corrected chi connectivity index (χ3v) is 3.11. The molecule has 1 aromatic heterocycles. The second kappa shape index (κ2) is 7.13. The number of carbonyl (C=O) groups is 1. The summed E-state index contributed by atoms with van der Waals surface area (Å²) >= 11 is 0. The zero-order chi connectivity index (χ0) is 16.9. The summed E-state index contributed by atoms with van der Waals surface area (Å²) < 4.78 is 42.9. The van der Waals surface area contributed by atoms with Crippen LogP contribution in [0.1, 0.15) is 24.1 Å². The Labute approximate surface area is 131 Å². The zero-order valence-corrected chi connectivity index (χ0v) is 12.3. The molecule has 1 atom stereocenters. The van der Waals surface area contributed by atoms with Crippen LogP contribution in [0.3, 0.4) is 0 Å². The summed E-state index contributed by atoms with van der Waals surface area (Å²) in [6.07, 6.45) is -1.23. The van der Waals surface area contributed by atoms with Crippen molar-refractivity contribution >= 4 is 5.91 Å². The molecule has 1 unspecified atom stereocenters. The van der Waals surface area contributed by atoms with Crippen LogP contribution < -0.4 is 10.1 Å². The number of hydrogen-bond acceptors (Lipinski definition) is 3. The van der Waals surface area contributed by atoms with Crippen molar-refractivity contribution in [1.29, 1.82) is 0 Å². The second-order valence-electron chi connectivity index (χ2n) is 4.88. The van der Waals surface area contributed by atoms with Crippen LogP contribution in [-0.2, 0) is 11.0 Å². The number of nitrogens with zero attached hydrogens (tertiary/aromatic N) is 1. The molecule has 1 N–H and O–H groups in total. The van der Waals surface area contributed by atoms with Gasteiger partial charge in [0.15, 0.2) is 6.61 Å². The fourth-order valence-corrected chi connectivity index (χ4v) is 1.93. The maximum absolute atomic E-state index is 12.6. The number of amides is 1. The molecule has 0 aliphatic rings. The van der Waals surface area contributed by atoms with Crippen LogP contribution >= 0.6 is 0 Å². The summed E-state index contributed by atoms with van der Waals surface area (Å²) in [6.45, 7) is 1.42. The normalized spacial score (nSPS) is 12.5. The molecule has 2 rings (SSSR count). The van der Waals surface area contributed by atoms with E-state index in [1.54, 1.807) is 31.5 Å². The average molecular weight is 324 g/mol. The molecule has 23 heavy (non-hydrogen) atoms. The first-order valence-electron chi connectivity index (χ1n) is 6.85. The molecule has 0 bridgehead atoms. The largest absolute Gasteiger partial charge is 0.484 e. The van der Waals surface area contributed by atoms with Crippen LogP contribution in [0.4, 0.5) is 13.2 Å². The standard InChI is InChI=1S/C16H15F3N2O2/c1-11(12-5-7-20-8-6-12)21-15(22)10-23-14-4-2-3-13(9-14)16(17,18)19/h2-9,11H,10H2,1H3,(H,21,22). The molecule has 7 heteroatoms. The van der Waals surface area contributed by atoms with Crippen LogP contribution in [-0.4, -0.2) is 17.5 Å². The third-order valence-electron chi connectivity index (χ3n) is 3.11. The van der Waals surface area contributed by atoms with Gasteiger partial charge in [-0.15, -0.1) is 0 Å². The molecule has 1 heterocycles. The Balaban J connectivity index is 1.90. The molecule has 122 valence electrons. The van der Waals surface area contributed by atoms with Crippen LogP contribution in [0.15, 0.2) is 48.8 Å². The molecule has 0 radical (unpaired) electrons. The van der Waals surface area contributed by atoms with E-state index in [-0.39, 0.29) is 18.4 Å². The van der Waals surface area contributed by atoms with Gasteiger partial charge >= 0.3 is 6.18 Å². The first-order chi connectivity index (χ1) is 10.9. The minimum Gasteiger partial charge on any atom is -0.484 e. The van der Waals surface area contributed by atoms with Gasteiger partial charge in [0.2, 0.25) is 0 Å². The lowest BCUT2D eigenvalue weighted by atomic mass is 10.1. The van der Waals surface area contributed by atoms with Gasteiger partial charge in [-0.2, -0.15) is 13.2 Å². The van der Waals surface area contributed by atoms with E-state index in [0.29, 0.717) is 0 Å². The smallest absolute Gasteiger partial charge is 0.416 e. The minimum absolute atomic E-state index is 0.00783. The summed E-state index contributed by atoms with van der Waals surface area (Å²) in [4.78, 5) is 15.7. The average Bonchev–Trinajstić information content (AvgIpc) is 2.53. The van der Waals surface area contributed by atoms with Crippen molar-refractivity contribution in [2.45, 2.75) is 19.1 Å². The molecule has 1 aromatic carbocycles. The highest BCUT2D eigenvalue weighted by Gasteiger charge is 2.30. The Morgan fingerprint density at radius 3 is 2.61 bits per heavy atom. The summed E-state index contributed by atoms with van der Waals surface area (Å²) in [6, 6.07) is 7.68. The van der Waals surface area contributed by atoms with Crippen LogP contribution in [0, 0.1) is 0 Å². The molecule has 0 saturated heterocycles. The van der Waals surface area contributed by atoms with E-state index in [0.717, 1.165) is 17.7 Å². The van der Waals surface area contributed by atoms with Gasteiger partial charge in [0.1, 0.15) is 5.75 Å². The number of aromatic nitrogens is 1. The van der Waals surface area contributed by atoms with Crippen LogP contribution in [0.2, 0.25) is 0 Å². The highest BCUT2D eigenvalue weighted by Crippen LogP contribution is 2.31. The molecular weight excluding hydrogens is 309 g/mol. The topological polar surface area (TPSA) is 51.2 Å². The summed E-state index contributed by atoms with van der Waals surface area (Å²) in [5.74, 6) is -0.432. The predicted molar refractivity (Wildman–Crippen MR) is 77.7 cm³/mol. The fraction of sp³-hybridized carbons (Fsp3) is 0.250. The van der Waals surface area contributed by atoms with Crippen molar-refractivity contribution in [1.82, 2.24) is 10.3 Å². The number of rotatable bonds is 5. The number of carbonyl (C=O) groups excluding carboxylic acids is 1. The number of ether oxygens (including phenoxy) is 1. The van der Waals surface area contributed by atoms with Crippen LogP contribution in [0.25, 0.3) is 0 Å². The van der Waals surface area contributed by atoms with Crippen molar-refractivity contribution in [3.05, 3.63) is 59.9 Å². The number of halogens is 3. The molecule has 4 nitrogen and oxygen atoms in total. The molecular formula is C16H15F3N2O2. The highest BCUT2D eigenvalue weighted by molar-refractivity contribution is 5.78. The van der Waals surface area contributed by atoms with Crippen molar-refractivity contribution < 1.29 is 22.7 Å². The van der Waals surface area contributed by atoms with E-state index < -0.39 is 17.6 Å². The lowest BCUT2D eigenvalue weighted by molar-refractivity contribution is -0.137. The maximum atomic E-state index is 12.6. The Bertz CT molecular complexity index is 660. The van der Waals surface area contributed by atoms with Crippen molar-refractivity contribution in [2.75, 3.05) is 6.61 Å². The van der Waals surface area contributed by atoms with E-state index in [9.17, 15) is 18.0 Å². The Hall–Kier alpha value is -2.57. The molecule has 0 aliphatic heterocycles. The Morgan fingerprint density at radius 2 is 1.96 bits per heavy atom. The number of alkyl halides is 3. The molecule has 1 amide bonds. The number of nitrogens with one attached hydrogen (secondary N) is 1. The van der Waals surface area contributed by atoms with E-state index >= 15 is 0 Å². The lowest BCUT2D eigenvalue weighted by Gasteiger charge is -2.15. The molecule has 0 spiro atoms. The van der Waals surface area contributed by atoms with E-state index in [1.165, 1.54) is 12.1 Å². The molecule has 2 aromatic rings. The Morgan fingerprint density at radius 1 is 1.26 bits per heavy atom. The van der Waals surface area contributed by atoms with E-state index in [2.05, 4.69) is 10.3 Å². The number of benzene rings is 1. The summed E-state index contributed by atoms with van der Waals surface area (Å²) in [5.41, 5.74) is 0.0491. The number of hydrogen-bond donors (Lipinski definition) is 1. The minimum atomic E-state index is -4.45. The van der Waals surface area contributed by atoms with Gasteiger partial charge < -0.3 is 10.1 Å². The van der Waals surface area contributed by atoms with Crippen molar-refractivity contribution in [3.63, 3.8) is 0 Å². The first kappa shape index (κ1) is 16.8. The second-order valence-corrected chi connectivity index (χ2v) is 4.88. The van der Waals surface area contributed by atoms with Gasteiger partial charge in [-0.1, -0.05) is 6.07 Å².